The molecule has 0 saturated carbocycles. The summed E-state index contributed by atoms with van der Waals surface area (Å²) in [5.74, 6) is 0.650. The van der Waals surface area contributed by atoms with Crippen molar-refractivity contribution in [3.63, 3.8) is 0 Å². The summed E-state index contributed by atoms with van der Waals surface area (Å²) in [6.07, 6.45) is 6.85. The maximum absolute atomic E-state index is 13.7. The molecule has 2 aromatic carbocycles. The van der Waals surface area contributed by atoms with Crippen LogP contribution in [0.2, 0.25) is 0 Å². The normalized spacial score (nSPS) is 19.7. The van der Waals surface area contributed by atoms with E-state index in [4.69, 9.17) is 4.42 Å². The number of carbonyl (C=O) groups excluding carboxylic acids is 2. The maximum Gasteiger partial charge on any atom is 0.253 e. The number of amides is 2. The number of carbonyl (C=O) groups is 2. The zero-order chi connectivity index (χ0) is 30.1. The number of aliphatic hydroxyl groups excluding tert-OH is 1. The quantitative estimate of drug-likeness (QED) is 0.315. The Morgan fingerprint density at radius 3 is 2.62 bits per heavy atom. The molecule has 3 atom stereocenters. The van der Waals surface area contributed by atoms with Gasteiger partial charge in [-0.15, -0.1) is 0 Å². The van der Waals surface area contributed by atoms with Gasteiger partial charge in [-0.3, -0.25) is 9.59 Å². The van der Waals surface area contributed by atoms with Crippen molar-refractivity contribution in [3.05, 3.63) is 77.2 Å². The van der Waals surface area contributed by atoms with Gasteiger partial charge in [-0.25, -0.2) is 4.98 Å². The molecular formula is C34H46N4O4. The third-order valence-electron chi connectivity index (χ3n) is 8.15. The van der Waals surface area contributed by atoms with Gasteiger partial charge in [-0.2, -0.15) is 0 Å². The van der Waals surface area contributed by atoms with Gasteiger partial charge in [0.1, 0.15) is 6.26 Å². The first-order valence-electron chi connectivity index (χ1n) is 15.4. The van der Waals surface area contributed by atoms with Crippen LogP contribution < -0.4 is 10.6 Å². The summed E-state index contributed by atoms with van der Waals surface area (Å²) in [6.45, 7) is 10.7. The molecule has 3 aromatic rings. The summed E-state index contributed by atoms with van der Waals surface area (Å²) < 4.78 is 5.51. The number of nitrogens with one attached hydrogen (secondary N) is 2. The fourth-order valence-corrected chi connectivity index (χ4v) is 5.61. The lowest BCUT2D eigenvalue weighted by Gasteiger charge is -2.27. The van der Waals surface area contributed by atoms with E-state index in [1.54, 1.807) is 18.2 Å². The van der Waals surface area contributed by atoms with Gasteiger partial charge in [-0.1, -0.05) is 64.3 Å². The number of fused-ring (bicyclic) bond motifs is 2. The Morgan fingerprint density at radius 1 is 1.10 bits per heavy atom. The third kappa shape index (κ3) is 8.52. The molecule has 1 aliphatic heterocycles. The van der Waals surface area contributed by atoms with E-state index in [1.807, 2.05) is 11.8 Å². The van der Waals surface area contributed by atoms with Crippen LogP contribution in [0.15, 0.2) is 59.3 Å². The number of oxazole rings is 1. The third-order valence-corrected chi connectivity index (χ3v) is 8.15. The van der Waals surface area contributed by atoms with Gasteiger partial charge in [0.2, 0.25) is 5.89 Å². The molecule has 0 spiro atoms. The predicted molar refractivity (Wildman–Crippen MR) is 165 cm³/mol. The number of nitrogens with zero attached hydrogens (tertiary/aromatic N) is 2. The van der Waals surface area contributed by atoms with Gasteiger partial charge >= 0.3 is 0 Å². The summed E-state index contributed by atoms with van der Waals surface area (Å²) >= 11 is 0. The minimum atomic E-state index is -0.785. The molecule has 1 aliphatic rings. The maximum atomic E-state index is 13.7. The second-order valence-corrected chi connectivity index (χ2v) is 11.9. The van der Waals surface area contributed by atoms with E-state index < -0.39 is 12.1 Å². The van der Waals surface area contributed by atoms with Crippen LogP contribution in [-0.2, 0) is 6.54 Å². The Balaban J connectivity index is 1.56. The summed E-state index contributed by atoms with van der Waals surface area (Å²) in [6, 6.07) is 13.1. The number of hydrogen-bond acceptors (Lipinski definition) is 6. The Kier molecular flexibility index (Phi) is 11.3. The lowest BCUT2D eigenvalue weighted by atomic mass is 9.92. The van der Waals surface area contributed by atoms with Crippen LogP contribution in [0.4, 0.5) is 0 Å². The fraction of sp³-hybridized carbons (Fsp3) is 0.500. The van der Waals surface area contributed by atoms with E-state index >= 15 is 0 Å². The Morgan fingerprint density at radius 2 is 1.88 bits per heavy atom. The van der Waals surface area contributed by atoms with Crippen molar-refractivity contribution in [2.24, 2.45) is 5.92 Å². The zero-order valence-electron chi connectivity index (χ0n) is 25.4. The minimum absolute atomic E-state index is 0.120. The smallest absolute Gasteiger partial charge is 0.253 e. The van der Waals surface area contributed by atoms with Gasteiger partial charge in [-0.05, 0) is 60.9 Å². The molecule has 8 nitrogen and oxygen atoms in total. The molecule has 4 rings (SSSR count). The molecule has 226 valence electrons. The molecule has 0 unspecified atom stereocenters. The van der Waals surface area contributed by atoms with Crippen LogP contribution in [0, 0.1) is 5.92 Å². The molecule has 0 radical (unpaired) electrons. The van der Waals surface area contributed by atoms with Crippen molar-refractivity contribution in [3.8, 4) is 11.5 Å². The molecular weight excluding hydrogens is 528 g/mol. The van der Waals surface area contributed by atoms with Gasteiger partial charge < -0.3 is 25.1 Å². The molecule has 0 fully saturated rings. The zero-order valence-corrected chi connectivity index (χ0v) is 25.4. The Bertz CT molecular complexity index is 1310. The summed E-state index contributed by atoms with van der Waals surface area (Å²) in [7, 11) is 0. The van der Waals surface area contributed by atoms with Gasteiger partial charge in [0, 0.05) is 42.9 Å². The van der Waals surface area contributed by atoms with Crippen LogP contribution >= 0.6 is 0 Å². The second kappa shape index (κ2) is 15.1. The first kappa shape index (κ1) is 31.4. The summed E-state index contributed by atoms with van der Waals surface area (Å²) in [5.41, 5.74) is 3.76. The van der Waals surface area contributed by atoms with E-state index in [9.17, 15) is 14.7 Å². The second-order valence-electron chi connectivity index (χ2n) is 11.9. The first-order valence-corrected chi connectivity index (χ1v) is 15.4. The van der Waals surface area contributed by atoms with E-state index in [-0.39, 0.29) is 11.8 Å². The largest absolute Gasteiger partial charge is 0.445 e. The highest BCUT2D eigenvalue weighted by atomic mass is 16.3. The molecule has 2 bridgehead atoms. The van der Waals surface area contributed by atoms with Crippen molar-refractivity contribution in [1.82, 2.24) is 20.5 Å². The van der Waals surface area contributed by atoms with Crippen molar-refractivity contribution in [2.45, 2.75) is 84.4 Å². The summed E-state index contributed by atoms with van der Waals surface area (Å²) in [4.78, 5) is 33.3. The van der Waals surface area contributed by atoms with E-state index in [1.165, 1.54) is 18.0 Å². The Labute approximate surface area is 249 Å². The van der Waals surface area contributed by atoms with Crippen molar-refractivity contribution >= 4 is 11.8 Å². The first-order chi connectivity index (χ1) is 20.2. The number of rotatable bonds is 8. The van der Waals surface area contributed by atoms with E-state index in [2.05, 4.69) is 60.7 Å². The molecule has 0 saturated heterocycles. The van der Waals surface area contributed by atoms with Crippen LogP contribution in [0.3, 0.4) is 0 Å². The lowest BCUT2D eigenvalue weighted by Crippen LogP contribution is -2.48. The standard InChI is InChI=1S/C34H46N4O4/c1-5-38-14-8-6-7-10-24(4)16-30(31(39)22-35-21-25-11-9-12-26(17-25)23(2)3)37-32(40)27-18-28(33-36-13-15-42-33)20-29(19-27)34(38)41/h9,11-13,15,17-20,23-24,30-31,35,39H,5-8,10,14,16,21-22H2,1-4H3,(H,37,40)/t24-,30+,31-/m1/s1. The number of aromatic nitrogens is 1. The highest BCUT2D eigenvalue weighted by molar-refractivity contribution is 6.01. The van der Waals surface area contributed by atoms with Crippen molar-refractivity contribution in [2.75, 3.05) is 19.6 Å². The molecule has 2 heterocycles. The highest BCUT2D eigenvalue weighted by Crippen LogP contribution is 2.24. The molecule has 1 aromatic heterocycles. The molecule has 2 amide bonds. The van der Waals surface area contributed by atoms with Gasteiger partial charge in [0.05, 0.1) is 18.3 Å². The van der Waals surface area contributed by atoms with Crippen LogP contribution in [-0.4, -0.2) is 58.6 Å². The molecule has 8 heteroatoms. The molecule has 42 heavy (non-hydrogen) atoms. The molecule has 3 N–H and O–H groups in total. The molecule has 0 aliphatic carbocycles. The minimum Gasteiger partial charge on any atom is -0.445 e. The number of aliphatic hydroxyl groups is 1. The monoisotopic (exact) mass is 574 g/mol. The van der Waals surface area contributed by atoms with E-state index in [0.29, 0.717) is 67.0 Å². The topological polar surface area (TPSA) is 108 Å². The number of benzene rings is 2. The van der Waals surface area contributed by atoms with Gasteiger partial charge in [0.15, 0.2) is 0 Å². The predicted octanol–water partition coefficient (Wildman–Crippen LogP) is 5.78. The van der Waals surface area contributed by atoms with Crippen LogP contribution in [0.5, 0.6) is 0 Å². The van der Waals surface area contributed by atoms with Crippen molar-refractivity contribution < 1.29 is 19.1 Å². The fourth-order valence-electron chi connectivity index (χ4n) is 5.61. The average Bonchev–Trinajstić information content (AvgIpc) is 3.53. The SMILES string of the molecule is CCN1CCCCC[C@@H](C)C[C@@H]([C@H](O)CNCc2cccc(C(C)C)c2)NC(=O)c2cc(cc(-c3ncco3)c2)C1=O. The van der Waals surface area contributed by atoms with Crippen LogP contribution in [0.25, 0.3) is 11.5 Å². The van der Waals surface area contributed by atoms with Gasteiger partial charge in [0.25, 0.3) is 11.8 Å². The highest BCUT2D eigenvalue weighted by Gasteiger charge is 2.26. The summed E-state index contributed by atoms with van der Waals surface area (Å²) in [5, 5.41) is 17.8. The number of hydrogen-bond donors (Lipinski definition) is 3. The Hall–Kier alpha value is -3.49. The van der Waals surface area contributed by atoms with Crippen LogP contribution in [0.1, 0.15) is 97.6 Å². The lowest BCUT2D eigenvalue weighted by molar-refractivity contribution is 0.0761. The van der Waals surface area contributed by atoms with E-state index in [0.717, 1.165) is 31.2 Å². The average molecular weight is 575 g/mol. The van der Waals surface area contributed by atoms with Crippen molar-refractivity contribution in [1.29, 1.82) is 0 Å².